The van der Waals surface area contributed by atoms with Crippen LogP contribution in [-0.4, -0.2) is 19.0 Å². The van der Waals surface area contributed by atoms with Gasteiger partial charge in [0.05, 0.1) is 0 Å². The lowest BCUT2D eigenvalue weighted by molar-refractivity contribution is 0.768. The summed E-state index contributed by atoms with van der Waals surface area (Å²) in [5, 5.41) is 2.96. The van der Waals surface area contributed by atoms with Crippen LogP contribution in [0.4, 0.5) is 0 Å². The molecule has 18 heavy (non-hydrogen) atoms. The van der Waals surface area contributed by atoms with Crippen LogP contribution in [0.3, 0.4) is 0 Å². The van der Waals surface area contributed by atoms with Crippen molar-refractivity contribution in [3.05, 3.63) is 48.0 Å². The average molecular weight is 359 g/mol. The van der Waals surface area contributed by atoms with Crippen LogP contribution in [-0.2, 0) is 0 Å². The monoisotopic (exact) mass is 359 g/mol. The first-order valence-electron chi connectivity index (χ1n) is 5.84. The molecule has 0 amide bonds. The summed E-state index contributed by atoms with van der Waals surface area (Å²) in [5.74, 6) is 0.851. The van der Waals surface area contributed by atoms with Crippen molar-refractivity contribution in [3.8, 4) is 0 Å². The molecular formula is C14H22IN3. The molecular weight excluding hydrogens is 337 g/mol. The van der Waals surface area contributed by atoms with Crippen molar-refractivity contribution >= 4 is 29.9 Å². The van der Waals surface area contributed by atoms with Crippen LogP contribution < -0.4 is 11.1 Å². The molecule has 1 atom stereocenters. The minimum absolute atomic E-state index is 0. The van der Waals surface area contributed by atoms with Crippen molar-refractivity contribution in [2.75, 3.05) is 13.1 Å². The number of rotatable bonds is 5. The van der Waals surface area contributed by atoms with E-state index in [1.165, 1.54) is 11.1 Å². The van der Waals surface area contributed by atoms with Crippen LogP contribution in [0.5, 0.6) is 0 Å². The minimum Gasteiger partial charge on any atom is -0.370 e. The standard InChI is InChI=1S/C14H21N3.HI/c1-4-9-16-14(15)17-10-12(3)13-7-5-11(2)6-8-13;/h4-8,12H,1,9-10H2,2-3H3,(H3,15,16,17);1H. The van der Waals surface area contributed by atoms with Gasteiger partial charge in [0.15, 0.2) is 5.96 Å². The third-order valence-corrected chi connectivity index (χ3v) is 2.61. The molecule has 0 heterocycles. The van der Waals surface area contributed by atoms with Gasteiger partial charge in [-0.05, 0) is 12.5 Å². The van der Waals surface area contributed by atoms with Gasteiger partial charge in [-0.2, -0.15) is 0 Å². The second kappa shape index (κ2) is 8.97. The van der Waals surface area contributed by atoms with Gasteiger partial charge in [0.2, 0.25) is 0 Å². The van der Waals surface area contributed by atoms with Crippen LogP contribution in [0.1, 0.15) is 24.0 Å². The number of hydrogen-bond acceptors (Lipinski definition) is 1. The summed E-state index contributed by atoms with van der Waals surface area (Å²) in [4.78, 5) is 4.30. The molecule has 3 N–H and O–H groups in total. The van der Waals surface area contributed by atoms with Crippen LogP contribution in [0, 0.1) is 6.92 Å². The molecule has 0 fully saturated rings. The molecule has 1 unspecified atom stereocenters. The van der Waals surface area contributed by atoms with Crippen molar-refractivity contribution < 1.29 is 0 Å². The van der Waals surface area contributed by atoms with Crippen LogP contribution >= 0.6 is 24.0 Å². The van der Waals surface area contributed by atoms with E-state index >= 15 is 0 Å². The van der Waals surface area contributed by atoms with E-state index in [9.17, 15) is 0 Å². The van der Waals surface area contributed by atoms with E-state index in [0.29, 0.717) is 25.0 Å². The van der Waals surface area contributed by atoms with Gasteiger partial charge in [-0.25, -0.2) is 0 Å². The number of hydrogen-bond donors (Lipinski definition) is 2. The van der Waals surface area contributed by atoms with Gasteiger partial charge in [0.25, 0.3) is 0 Å². The van der Waals surface area contributed by atoms with E-state index in [4.69, 9.17) is 5.73 Å². The van der Waals surface area contributed by atoms with Crippen LogP contribution in [0.25, 0.3) is 0 Å². The highest BCUT2D eigenvalue weighted by atomic mass is 127. The third kappa shape index (κ3) is 6.05. The Balaban J connectivity index is 0.00000289. The predicted octanol–water partition coefficient (Wildman–Crippen LogP) is 2.81. The van der Waals surface area contributed by atoms with E-state index in [2.05, 4.69) is 55.0 Å². The Morgan fingerprint density at radius 2 is 2.06 bits per heavy atom. The second-order valence-electron chi connectivity index (χ2n) is 4.21. The topological polar surface area (TPSA) is 50.4 Å². The predicted molar refractivity (Wildman–Crippen MR) is 89.7 cm³/mol. The number of nitrogens with one attached hydrogen (secondary N) is 1. The molecule has 1 aromatic rings. The molecule has 1 aromatic carbocycles. The average Bonchev–Trinajstić information content (AvgIpc) is 2.34. The zero-order chi connectivity index (χ0) is 12.7. The molecule has 0 aromatic heterocycles. The van der Waals surface area contributed by atoms with Crippen LogP contribution in [0.15, 0.2) is 41.9 Å². The number of benzene rings is 1. The molecule has 1 rings (SSSR count). The minimum atomic E-state index is 0. The fraction of sp³-hybridized carbons (Fsp3) is 0.357. The molecule has 0 aliphatic heterocycles. The van der Waals surface area contributed by atoms with E-state index in [1.807, 2.05) is 0 Å². The Morgan fingerprint density at radius 3 is 2.61 bits per heavy atom. The van der Waals surface area contributed by atoms with Crippen molar-refractivity contribution in [1.82, 2.24) is 5.32 Å². The summed E-state index contributed by atoms with van der Waals surface area (Å²) in [5.41, 5.74) is 8.26. The summed E-state index contributed by atoms with van der Waals surface area (Å²) >= 11 is 0. The molecule has 0 saturated heterocycles. The SMILES string of the molecule is C=CCNC(N)=NCC(C)c1ccc(C)cc1.I. The maximum absolute atomic E-state index is 5.70. The summed E-state index contributed by atoms with van der Waals surface area (Å²) in [6.45, 7) is 9.19. The zero-order valence-corrected chi connectivity index (χ0v) is 13.3. The molecule has 0 aliphatic rings. The first-order chi connectivity index (χ1) is 8.13. The fourth-order valence-electron chi connectivity index (χ4n) is 1.47. The van der Waals surface area contributed by atoms with Crippen molar-refractivity contribution in [1.29, 1.82) is 0 Å². The third-order valence-electron chi connectivity index (χ3n) is 2.61. The van der Waals surface area contributed by atoms with Gasteiger partial charge >= 0.3 is 0 Å². The highest BCUT2D eigenvalue weighted by Crippen LogP contribution is 2.15. The van der Waals surface area contributed by atoms with Crippen molar-refractivity contribution in [2.24, 2.45) is 10.7 Å². The van der Waals surface area contributed by atoms with Gasteiger partial charge in [-0.1, -0.05) is 42.8 Å². The summed E-state index contributed by atoms with van der Waals surface area (Å²) in [6.07, 6.45) is 1.76. The van der Waals surface area contributed by atoms with E-state index in [0.717, 1.165) is 0 Å². The first-order valence-corrected chi connectivity index (χ1v) is 5.84. The quantitative estimate of drug-likeness (QED) is 0.368. The first kappa shape index (κ1) is 17.0. The molecule has 0 saturated carbocycles. The Hall–Kier alpha value is -1.04. The Labute approximate surface area is 127 Å². The van der Waals surface area contributed by atoms with Gasteiger partial charge in [-0.3, -0.25) is 4.99 Å². The number of nitrogens with zero attached hydrogens (tertiary/aromatic N) is 1. The maximum atomic E-state index is 5.70. The lowest BCUT2D eigenvalue weighted by Crippen LogP contribution is -2.32. The zero-order valence-electron chi connectivity index (χ0n) is 11.0. The molecule has 0 spiro atoms. The Kier molecular flexibility index (Phi) is 8.45. The maximum Gasteiger partial charge on any atom is 0.188 e. The number of nitrogens with two attached hydrogens (primary N) is 1. The van der Waals surface area contributed by atoms with Gasteiger partial charge in [-0.15, -0.1) is 30.6 Å². The molecule has 0 bridgehead atoms. The Morgan fingerprint density at radius 1 is 1.44 bits per heavy atom. The highest BCUT2D eigenvalue weighted by Gasteiger charge is 2.04. The summed E-state index contributed by atoms with van der Waals surface area (Å²) < 4.78 is 0. The van der Waals surface area contributed by atoms with E-state index in [-0.39, 0.29) is 24.0 Å². The largest absolute Gasteiger partial charge is 0.370 e. The lowest BCUT2D eigenvalue weighted by Gasteiger charge is -2.10. The smallest absolute Gasteiger partial charge is 0.188 e. The summed E-state index contributed by atoms with van der Waals surface area (Å²) in [7, 11) is 0. The second-order valence-corrected chi connectivity index (χ2v) is 4.21. The number of halogens is 1. The molecule has 0 radical (unpaired) electrons. The normalized spacial score (nSPS) is 12.4. The molecule has 0 aliphatic carbocycles. The molecule has 3 nitrogen and oxygen atoms in total. The van der Waals surface area contributed by atoms with Gasteiger partial charge in [0.1, 0.15) is 0 Å². The van der Waals surface area contributed by atoms with Crippen molar-refractivity contribution in [3.63, 3.8) is 0 Å². The number of guanidine groups is 1. The van der Waals surface area contributed by atoms with Crippen molar-refractivity contribution in [2.45, 2.75) is 19.8 Å². The summed E-state index contributed by atoms with van der Waals surface area (Å²) in [6, 6.07) is 8.52. The number of aryl methyl sites for hydroxylation is 1. The number of aliphatic imine (C=N–C) groups is 1. The molecule has 4 heteroatoms. The highest BCUT2D eigenvalue weighted by molar-refractivity contribution is 14.0. The lowest BCUT2D eigenvalue weighted by atomic mass is 10.0. The van der Waals surface area contributed by atoms with Gasteiger partial charge in [0, 0.05) is 19.0 Å². The van der Waals surface area contributed by atoms with E-state index < -0.39 is 0 Å². The van der Waals surface area contributed by atoms with Gasteiger partial charge < -0.3 is 11.1 Å². The van der Waals surface area contributed by atoms with E-state index in [1.54, 1.807) is 6.08 Å². The Bertz CT molecular complexity index is 385. The fourth-order valence-corrected chi connectivity index (χ4v) is 1.47. The molecule has 100 valence electrons. The van der Waals surface area contributed by atoms with Crippen LogP contribution in [0.2, 0.25) is 0 Å².